The van der Waals surface area contributed by atoms with Gasteiger partial charge < -0.3 is 10.2 Å². The van der Waals surface area contributed by atoms with Crippen molar-refractivity contribution >= 4 is 23.4 Å². The summed E-state index contributed by atoms with van der Waals surface area (Å²) in [5.41, 5.74) is 1.58. The van der Waals surface area contributed by atoms with Crippen molar-refractivity contribution in [2.75, 3.05) is 32.7 Å². The molecule has 0 atom stereocenters. The number of nitrogens with one attached hydrogen (secondary N) is 1. The summed E-state index contributed by atoms with van der Waals surface area (Å²) in [7, 11) is 0. The van der Waals surface area contributed by atoms with Gasteiger partial charge in [0.2, 0.25) is 5.91 Å². The van der Waals surface area contributed by atoms with Gasteiger partial charge in [0.1, 0.15) is 5.82 Å². The molecule has 2 aromatic carbocycles. The van der Waals surface area contributed by atoms with Crippen molar-refractivity contribution in [3.05, 3.63) is 70.5 Å². The van der Waals surface area contributed by atoms with Crippen molar-refractivity contribution in [1.29, 1.82) is 0 Å². The van der Waals surface area contributed by atoms with Gasteiger partial charge in [-0.25, -0.2) is 4.39 Å². The zero-order chi connectivity index (χ0) is 19.9. The van der Waals surface area contributed by atoms with Crippen LogP contribution in [0.4, 0.5) is 4.39 Å². The zero-order valence-corrected chi connectivity index (χ0v) is 16.3. The van der Waals surface area contributed by atoms with Gasteiger partial charge in [-0.05, 0) is 42.0 Å². The molecule has 2 aromatic rings. The van der Waals surface area contributed by atoms with Crippen molar-refractivity contribution in [3.63, 3.8) is 0 Å². The molecule has 3 rings (SSSR count). The van der Waals surface area contributed by atoms with Crippen molar-refractivity contribution < 1.29 is 14.0 Å². The quantitative estimate of drug-likeness (QED) is 0.806. The Morgan fingerprint density at radius 3 is 2.25 bits per heavy atom. The van der Waals surface area contributed by atoms with Gasteiger partial charge in [0, 0.05) is 56.3 Å². The lowest BCUT2D eigenvalue weighted by molar-refractivity contribution is -0.132. The molecule has 0 saturated carbocycles. The van der Waals surface area contributed by atoms with Crippen molar-refractivity contribution in [3.8, 4) is 0 Å². The molecule has 1 fully saturated rings. The fourth-order valence-corrected chi connectivity index (χ4v) is 3.27. The average molecular weight is 404 g/mol. The molecule has 1 aliphatic heterocycles. The third-order valence-electron chi connectivity index (χ3n) is 4.78. The normalized spacial score (nSPS) is 14.7. The molecule has 0 unspecified atom stereocenters. The largest absolute Gasteiger partial charge is 0.352 e. The molecular weight excluding hydrogens is 381 g/mol. The molecule has 7 heteroatoms. The highest BCUT2D eigenvalue weighted by molar-refractivity contribution is 6.30. The third-order valence-corrected chi connectivity index (χ3v) is 5.03. The molecule has 0 radical (unpaired) electrons. The maximum absolute atomic E-state index is 12.9. The van der Waals surface area contributed by atoms with Crippen LogP contribution in [0.3, 0.4) is 0 Å². The Labute approximate surface area is 169 Å². The topological polar surface area (TPSA) is 52.7 Å². The molecule has 1 heterocycles. The number of piperazine rings is 1. The van der Waals surface area contributed by atoms with Crippen molar-refractivity contribution in [2.45, 2.75) is 13.0 Å². The van der Waals surface area contributed by atoms with Gasteiger partial charge in [-0.1, -0.05) is 23.7 Å². The first kappa shape index (κ1) is 20.3. The van der Waals surface area contributed by atoms with Gasteiger partial charge in [-0.2, -0.15) is 0 Å². The van der Waals surface area contributed by atoms with E-state index in [1.165, 1.54) is 29.8 Å². The maximum Gasteiger partial charge on any atom is 0.251 e. The van der Waals surface area contributed by atoms with Gasteiger partial charge in [0.25, 0.3) is 5.91 Å². The third kappa shape index (κ3) is 5.78. The molecule has 1 saturated heterocycles. The number of hydrogen-bond donors (Lipinski definition) is 1. The Balaban J connectivity index is 1.37. The molecule has 1 aliphatic rings. The number of amides is 2. The van der Waals surface area contributed by atoms with Crippen LogP contribution in [0.25, 0.3) is 0 Å². The molecule has 148 valence electrons. The minimum absolute atomic E-state index is 0.0329. The van der Waals surface area contributed by atoms with Crippen LogP contribution < -0.4 is 5.32 Å². The first-order valence-corrected chi connectivity index (χ1v) is 9.67. The molecule has 0 aliphatic carbocycles. The second-order valence-corrected chi connectivity index (χ2v) is 7.23. The monoisotopic (exact) mass is 403 g/mol. The summed E-state index contributed by atoms with van der Waals surface area (Å²) < 4.78 is 12.9. The standard InChI is InChI=1S/C21H23ClFN3O2/c22-18-5-1-16(2-6-18)15-25-11-13-26(14-12-25)20(27)9-10-24-21(28)17-3-7-19(23)8-4-17/h1-8H,9-15H2,(H,24,28). The molecule has 28 heavy (non-hydrogen) atoms. The second-order valence-electron chi connectivity index (χ2n) is 6.80. The number of carbonyl (C=O) groups is 2. The molecule has 5 nitrogen and oxygen atoms in total. The minimum atomic E-state index is -0.387. The fourth-order valence-electron chi connectivity index (χ4n) is 3.15. The van der Waals surface area contributed by atoms with E-state index in [1.807, 2.05) is 29.2 Å². The van der Waals surface area contributed by atoms with E-state index >= 15 is 0 Å². The van der Waals surface area contributed by atoms with E-state index in [0.717, 1.165) is 24.7 Å². The van der Waals surface area contributed by atoms with E-state index in [0.29, 0.717) is 18.7 Å². The summed E-state index contributed by atoms with van der Waals surface area (Å²) in [6.07, 6.45) is 0.254. The van der Waals surface area contributed by atoms with Gasteiger partial charge >= 0.3 is 0 Å². The Kier molecular flexibility index (Phi) is 7.01. The van der Waals surface area contributed by atoms with Gasteiger partial charge in [0.05, 0.1) is 0 Å². The average Bonchev–Trinajstić information content (AvgIpc) is 2.70. The van der Waals surface area contributed by atoms with E-state index in [-0.39, 0.29) is 30.6 Å². The predicted octanol–water partition coefficient (Wildman–Crippen LogP) is 2.94. The number of halogens is 2. The number of rotatable bonds is 6. The summed E-state index contributed by atoms with van der Waals surface area (Å²) >= 11 is 5.91. The van der Waals surface area contributed by atoms with E-state index in [1.54, 1.807) is 0 Å². The Bertz CT molecular complexity index is 803. The minimum Gasteiger partial charge on any atom is -0.352 e. The van der Waals surface area contributed by atoms with Crippen LogP contribution in [0.2, 0.25) is 5.02 Å². The predicted molar refractivity (Wildman–Crippen MR) is 107 cm³/mol. The molecule has 0 bridgehead atoms. The summed E-state index contributed by atoms with van der Waals surface area (Å²) in [6.45, 7) is 4.09. The lowest BCUT2D eigenvalue weighted by atomic mass is 10.2. The number of hydrogen-bond acceptors (Lipinski definition) is 3. The van der Waals surface area contributed by atoms with E-state index in [2.05, 4.69) is 10.2 Å². The van der Waals surface area contributed by atoms with Gasteiger partial charge in [0.15, 0.2) is 0 Å². The van der Waals surface area contributed by atoms with Gasteiger partial charge in [-0.3, -0.25) is 14.5 Å². The van der Waals surface area contributed by atoms with Crippen LogP contribution in [-0.4, -0.2) is 54.3 Å². The highest BCUT2D eigenvalue weighted by Crippen LogP contribution is 2.13. The Morgan fingerprint density at radius 2 is 1.61 bits per heavy atom. The summed E-state index contributed by atoms with van der Waals surface area (Å²) in [5.74, 6) is -0.659. The second kappa shape index (κ2) is 9.66. The fraction of sp³-hybridized carbons (Fsp3) is 0.333. The summed E-state index contributed by atoms with van der Waals surface area (Å²) in [4.78, 5) is 28.5. The molecule has 1 N–H and O–H groups in total. The lowest BCUT2D eigenvalue weighted by Crippen LogP contribution is -2.48. The smallest absolute Gasteiger partial charge is 0.251 e. The van der Waals surface area contributed by atoms with Crippen LogP contribution in [0.1, 0.15) is 22.3 Å². The van der Waals surface area contributed by atoms with Crippen molar-refractivity contribution in [2.24, 2.45) is 0 Å². The van der Waals surface area contributed by atoms with Crippen LogP contribution in [0.15, 0.2) is 48.5 Å². The zero-order valence-electron chi connectivity index (χ0n) is 15.5. The number of benzene rings is 2. The lowest BCUT2D eigenvalue weighted by Gasteiger charge is -2.34. The van der Waals surface area contributed by atoms with Crippen LogP contribution in [-0.2, 0) is 11.3 Å². The van der Waals surface area contributed by atoms with E-state index in [9.17, 15) is 14.0 Å². The Hall–Kier alpha value is -2.44. The molecule has 0 aromatic heterocycles. The number of nitrogens with zero attached hydrogens (tertiary/aromatic N) is 2. The molecular formula is C21H23ClFN3O2. The maximum atomic E-state index is 12.9. The number of carbonyl (C=O) groups excluding carboxylic acids is 2. The van der Waals surface area contributed by atoms with Crippen LogP contribution in [0, 0.1) is 5.82 Å². The van der Waals surface area contributed by atoms with Crippen LogP contribution >= 0.6 is 11.6 Å². The first-order valence-electron chi connectivity index (χ1n) is 9.29. The summed E-state index contributed by atoms with van der Waals surface area (Å²) in [6, 6.07) is 13.1. The van der Waals surface area contributed by atoms with Crippen LogP contribution in [0.5, 0.6) is 0 Å². The highest BCUT2D eigenvalue weighted by atomic mass is 35.5. The molecule has 2 amide bonds. The summed E-state index contributed by atoms with van der Waals surface area (Å²) in [5, 5.41) is 3.43. The highest BCUT2D eigenvalue weighted by Gasteiger charge is 2.21. The van der Waals surface area contributed by atoms with E-state index < -0.39 is 0 Å². The van der Waals surface area contributed by atoms with Crippen molar-refractivity contribution in [1.82, 2.24) is 15.1 Å². The SMILES string of the molecule is O=C(NCCC(=O)N1CCN(Cc2ccc(Cl)cc2)CC1)c1ccc(F)cc1. The van der Waals surface area contributed by atoms with Gasteiger partial charge in [-0.15, -0.1) is 0 Å². The molecule has 0 spiro atoms. The van der Waals surface area contributed by atoms with E-state index in [4.69, 9.17) is 11.6 Å². The first-order chi connectivity index (χ1) is 13.5. The Morgan fingerprint density at radius 1 is 0.964 bits per heavy atom.